The first-order valence-corrected chi connectivity index (χ1v) is 8.38. The van der Waals surface area contributed by atoms with Gasteiger partial charge in [-0.15, -0.1) is 0 Å². The number of nitrogens with one attached hydrogen (secondary N) is 1. The van der Waals surface area contributed by atoms with Crippen LogP contribution in [0.4, 0.5) is 0 Å². The highest BCUT2D eigenvalue weighted by molar-refractivity contribution is 5.85. The van der Waals surface area contributed by atoms with Crippen molar-refractivity contribution in [2.75, 3.05) is 6.61 Å². The van der Waals surface area contributed by atoms with Crippen molar-refractivity contribution in [3.8, 4) is 0 Å². The molecule has 3 fully saturated rings. The minimum Gasteiger partial charge on any atom is -0.386 e. The molecule has 2 aromatic rings. The van der Waals surface area contributed by atoms with E-state index in [-0.39, 0.29) is 12.0 Å². The first kappa shape index (κ1) is 15.4. The summed E-state index contributed by atoms with van der Waals surface area (Å²) in [7, 11) is 0. The Bertz CT molecular complexity index is 705. The number of rotatable bonds is 5. The summed E-state index contributed by atoms with van der Waals surface area (Å²) in [5.41, 5.74) is 1.29. The van der Waals surface area contributed by atoms with Crippen LogP contribution in [0.25, 0.3) is 0 Å². The van der Waals surface area contributed by atoms with Gasteiger partial charge in [-0.1, -0.05) is 60.7 Å². The molecular formula is C20H21NO3. The highest BCUT2D eigenvalue weighted by atomic mass is 16.5. The van der Waals surface area contributed by atoms with Crippen molar-refractivity contribution in [2.45, 2.75) is 31.1 Å². The van der Waals surface area contributed by atoms with Gasteiger partial charge in [0.25, 0.3) is 0 Å². The summed E-state index contributed by atoms with van der Waals surface area (Å²) in [4.78, 5) is 12.8. The molecule has 3 aliphatic rings. The molecule has 24 heavy (non-hydrogen) atoms. The lowest BCUT2D eigenvalue weighted by molar-refractivity contribution is -0.134. The summed E-state index contributed by atoms with van der Waals surface area (Å²) < 4.78 is 5.56. The number of ether oxygens (including phenoxy) is 1. The van der Waals surface area contributed by atoms with Gasteiger partial charge >= 0.3 is 0 Å². The molecule has 0 aromatic heterocycles. The number of benzene rings is 2. The molecule has 2 atom stereocenters. The second-order valence-electron chi connectivity index (χ2n) is 6.84. The molecule has 2 aromatic carbocycles. The third kappa shape index (κ3) is 2.62. The van der Waals surface area contributed by atoms with Gasteiger partial charge in [0.2, 0.25) is 5.91 Å². The summed E-state index contributed by atoms with van der Waals surface area (Å²) in [5.74, 6) is -0.0138. The maximum atomic E-state index is 12.8. The van der Waals surface area contributed by atoms with Gasteiger partial charge in [0.05, 0.1) is 24.2 Å². The van der Waals surface area contributed by atoms with E-state index in [1.54, 1.807) is 0 Å². The number of amides is 1. The van der Waals surface area contributed by atoms with E-state index >= 15 is 0 Å². The second kappa shape index (κ2) is 6.04. The molecule has 1 amide bonds. The maximum absolute atomic E-state index is 12.8. The van der Waals surface area contributed by atoms with Crippen molar-refractivity contribution in [1.82, 2.24) is 5.32 Å². The van der Waals surface area contributed by atoms with Gasteiger partial charge < -0.3 is 15.2 Å². The normalized spacial score (nSPS) is 27.1. The van der Waals surface area contributed by atoms with Gasteiger partial charge in [-0.05, 0) is 24.0 Å². The average Bonchev–Trinajstić information content (AvgIpc) is 3.22. The fraction of sp³-hybridized carbons (Fsp3) is 0.350. The molecule has 2 bridgehead atoms. The summed E-state index contributed by atoms with van der Waals surface area (Å²) in [6.45, 7) is 0.493. The maximum Gasteiger partial charge on any atom is 0.229 e. The second-order valence-corrected chi connectivity index (χ2v) is 6.84. The van der Waals surface area contributed by atoms with Gasteiger partial charge in [-0.3, -0.25) is 4.79 Å². The van der Waals surface area contributed by atoms with Crippen molar-refractivity contribution in [3.05, 3.63) is 71.8 Å². The largest absolute Gasteiger partial charge is 0.386 e. The SMILES string of the molecule is O=C(N[C@@H](c1ccccc1)[C@H](O)c1ccccc1)C12COC(C1)C2. The van der Waals surface area contributed by atoms with E-state index in [0.29, 0.717) is 6.61 Å². The molecule has 0 spiro atoms. The number of fused-ring (bicyclic) bond motifs is 1. The highest BCUT2D eigenvalue weighted by Crippen LogP contribution is 2.50. The van der Waals surface area contributed by atoms with Crippen LogP contribution in [0.2, 0.25) is 0 Å². The van der Waals surface area contributed by atoms with E-state index in [1.807, 2.05) is 60.7 Å². The Kier molecular flexibility index (Phi) is 3.87. The molecule has 2 aliphatic heterocycles. The fourth-order valence-electron chi connectivity index (χ4n) is 3.72. The van der Waals surface area contributed by atoms with E-state index in [4.69, 9.17) is 4.74 Å². The number of carbonyl (C=O) groups excluding carboxylic acids is 1. The van der Waals surface area contributed by atoms with Crippen LogP contribution in [-0.2, 0) is 9.53 Å². The minimum absolute atomic E-state index is 0.0138. The molecule has 1 aliphatic carbocycles. The minimum atomic E-state index is -0.799. The monoisotopic (exact) mass is 323 g/mol. The summed E-state index contributed by atoms with van der Waals surface area (Å²) in [5, 5.41) is 14.0. The van der Waals surface area contributed by atoms with Gasteiger partial charge in [-0.2, -0.15) is 0 Å². The van der Waals surface area contributed by atoms with Crippen LogP contribution in [0.5, 0.6) is 0 Å². The Hall–Kier alpha value is -2.17. The summed E-state index contributed by atoms with van der Waals surface area (Å²) in [6.07, 6.45) is 1.03. The van der Waals surface area contributed by atoms with Gasteiger partial charge in [0.15, 0.2) is 0 Å². The third-order valence-corrected chi connectivity index (χ3v) is 5.22. The zero-order chi connectivity index (χ0) is 16.6. The molecule has 0 radical (unpaired) electrons. The smallest absolute Gasteiger partial charge is 0.229 e. The Morgan fingerprint density at radius 2 is 1.62 bits per heavy atom. The lowest BCUT2D eigenvalue weighted by Crippen LogP contribution is -2.49. The Labute approximate surface area is 141 Å². The molecule has 2 saturated heterocycles. The Morgan fingerprint density at radius 1 is 1.04 bits per heavy atom. The molecule has 2 heterocycles. The van der Waals surface area contributed by atoms with Crippen LogP contribution in [-0.4, -0.2) is 23.7 Å². The number of hydrogen-bond acceptors (Lipinski definition) is 3. The average molecular weight is 323 g/mol. The Balaban J connectivity index is 1.60. The molecule has 5 rings (SSSR count). The topological polar surface area (TPSA) is 58.6 Å². The van der Waals surface area contributed by atoms with Crippen molar-refractivity contribution in [1.29, 1.82) is 0 Å². The van der Waals surface area contributed by atoms with Crippen molar-refractivity contribution < 1.29 is 14.6 Å². The molecule has 4 heteroatoms. The van der Waals surface area contributed by atoms with Crippen LogP contribution in [0.3, 0.4) is 0 Å². The zero-order valence-electron chi connectivity index (χ0n) is 13.4. The fourth-order valence-corrected chi connectivity index (χ4v) is 3.72. The van der Waals surface area contributed by atoms with Gasteiger partial charge in [0.1, 0.15) is 6.10 Å². The first-order valence-electron chi connectivity index (χ1n) is 8.38. The van der Waals surface area contributed by atoms with E-state index in [2.05, 4.69) is 5.32 Å². The predicted octanol–water partition coefficient (Wildman–Crippen LogP) is 2.76. The lowest BCUT2D eigenvalue weighted by Gasteiger charge is -2.36. The van der Waals surface area contributed by atoms with E-state index in [0.717, 1.165) is 24.0 Å². The standard InChI is InChI=1S/C20H21NO3/c22-18(15-9-5-2-6-10-15)17(14-7-3-1-4-8-14)21-19(23)20-11-16(12-20)24-13-20/h1-10,16-18,22H,11-13H2,(H,21,23)/t16?,17-,18+,20?/m0/s1. The number of aliphatic hydroxyl groups is 1. The zero-order valence-corrected chi connectivity index (χ0v) is 13.4. The molecule has 0 unspecified atom stereocenters. The van der Waals surface area contributed by atoms with E-state index in [1.165, 1.54) is 0 Å². The third-order valence-electron chi connectivity index (χ3n) is 5.22. The molecule has 2 N–H and O–H groups in total. The Morgan fingerprint density at radius 3 is 2.17 bits per heavy atom. The van der Waals surface area contributed by atoms with Crippen LogP contribution in [0.1, 0.15) is 36.1 Å². The lowest BCUT2D eigenvalue weighted by atomic mass is 9.69. The van der Waals surface area contributed by atoms with Crippen molar-refractivity contribution in [3.63, 3.8) is 0 Å². The van der Waals surface area contributed by atoms with Crippen LogP contribution in [0, 0.1) is 5.41 Å². The summed E-state index contributed by atoms with van der Waals surface area (Å²) in [6, 6.07) is 18.6. The summed E-state index contributed by atoms with van der Waals surface area (Å²) >= 11 is 0. The van der Waals surface area contributed by atoms with Crippen molar-refractivity contribution >= 4 is 5.91 Å². The van der Waals surface area contributed by atoms with E-state index < -0.39 is 17.6 Å². The van der Waals surface area contributed by atoms with E-state index in [9.17, 15) is 9.90 Å². The van der Waals surface area contributed by atoms with Crippen molar-refractivity contribution in [2.24, 2.45) is 5.41 Å². The molecule has 4 nitrogen and oxygen atoms in total. The quantitative estimate of drug-likeness (QED) is 0.889. The van der Waals surface area contributed by atoms with Crippen LogP contribution < -0.4 is 5.32 Å². The highest BCUT2D eigenvalue weighted by Gasteiger charge is 2.57. The predicted molar refractivity (Wildman–Crippen MR) is 90.1 cm³/mol. The molecule has 124 valence electrons. The molecule has 1 saturated carbocycles. The van der Waals surface area contributed by atoms with Gasteiger partial charge in [0, 0.05) is 0 Å². The molecular weight excluding hydrogens is 302 g/mol. The number of carbonyl (C=O) groups is 1. The number of aliphatic hydroxyl groups excluding tert-OH is 1. The van der Waals surface area contributed by atoms with Crippen LogP contribution >= 0.6 is 0 Å². The van der Waals surface area contributed by atoms with Crippen LogP contribution in [0.15, 0.2) is 60.7 Å². The first-order chi connectivity index (χ1) is 11.7. The number of hydrogen-bond donors (Lipinski definition) is 2. The van der Waals surface area contributed by atoms with Gasteiger partial charge in [-0.25, -0.2) is 0 Å².